The third-order valence-corrected chi connectivity index (χ3v) is 2.86. The molecule has 2 aromatic carbocycles. The van der Waals surface area contributed by atoms with Crippen LogP contribution in [0.5, 0.6) is 11.5 Å². The Kier molecular flexibility index (Phi) is 2.33. The summed E-state index contributed by atoms with van der Waals surface area (Å²) in [7, 11) is 0. The van der Waals surface area contributed by atoms with Crippen LogP contribution in [0.15, 0.2) is 54.6 Å². The highest BCUT2D eigenvalue weighted by atomic mass is 16.5. The van der Waals surface area contributed by atoms with Gasteiger partial charge in [-0.1, -0.05) is 36.4 Å². The van der Waals surface area contributed by atoms with Gasteiger partial charge in [-0.3, -0.25) is 0 Å². The molecule has 0 spiro atoms. The highest BCUT2D eigenvalue weighted by molar-refractivity contribution is 5.66. The van der Waals surface area contributed by atoms with Crippen LogP contribution in [0, 0.1) is 0 Å². The molecule has 0 saturated heterocycles. The zero-order valence-electron chi connectivity index (χ0n) is 9.21. The first-order valence-corrected chi connectivity index (χ1v) is 5.56. The molecular weight excluding hydrogens is 212 g/mol. The van der Waals surface area contributed by atoms with Crippen molar-refractivity contribution in [1.82, 2.24) is 0 Å². The lowest BCUT2D eigenvalue weighted by Crippen LogP contribution is -2.08. The third-order valence-electron chi connectivity index (χ3n) is 2.86. The van der Waals surface area contributed by atoms with Crippen molar-refractivity contribution >= 4 is 6.08 Å². The SMILES string of the molecule is Oc1cccc2c1C=CC(c1ccccc1)O2. The number of benzene rings is 2. The van der Waals surface area contributed by atoms with Crippen molar-refractivity contribution in [1.29, 1.82) is 0 Å². The van der Waals surface area contributed by atoms with Gasteiger partial charge in [0.25, 0.3) is 0 Å². The predicted octanol–water partition coefficient (Wildman–Crippen LogP) is 3.54. The molecule has 84 valence electrons. The molecule has 1 atom stereocenters. The Hall–Kier alpha value is -2.22. The van der Waals surface area contributed by atoms with Gasteiger partial charge in [0, 0.05) is 0 Å². The lowest BCUT2D eigenvalue weighted by Gasteiger charge is -2.22. The van der Waals surface area contributed by atoms with Gasteiger partial charge < -0.3 is 9.84 Å². The molecule has 1 N–H and O–H groups in total. The normalized spacial score (nSPS) is 17.3. The zero-order valence-corrected chi connectivity index (χ0v) is 9.21. The van der Waals surface area contributed by atoms with Gasteiger partial charge in [-0.2, -0.15) is 0 Å². The average molecular weight is 224 g/mol. The van der Waals surface area contributed by atoms with E-state index in [1.54, 1.807) is 12.1 Å². The van der Waals surface area contributed by atoms with Gasteiger partial charge in [-0.15, -0.1) is 0 Å². The zero-order chi connectivity index (χ0) is 11.7. The number of hydrogen-bond acceptors (Lipinski definition) is 2. The minimum absolute atomic E-state index is 0.0782. The smallest absolute Gasteiger partial charge is 0.142 e. The van der Waals surface area contributed by atoms with Gasteiger partial charge in [0.05, 0.1) is 5.56 Å². The van der Waals surface area contributed by atoms with Crippen LogP contribution in [0.25, 0.3) is 6.08 Å². The van der Waals surface area contributed by atoms with Crippen LogP contribution in [0.4, 0.5) is 0 Å². The van der Waals surface area contributed by atoms with Crippen LogP contribution in [0.2, 0.25) is 0 Å². The van der Waals surface area contributed by atoms with Crippen LogP contribution in [0.1, 0.15) is 17.2 Å². The lowest BCUT2D eigenvalue weighted by molar-refractivity contribution is 0.250. The summed E-state index contributed by atoms with van der Waals surface area (Å²) in [6.07, 6.45) is 3.79. The Labute approximate surface area is 99.8 Å². The van der Waals surface area contributed by atoms with Crippen molar-refractivity contribution < 1.29 is 9.84 Å². The fraction of sp³-hybridized carbons (Fsp3) is 0.0667. The van der Waals surface area contributed by atoms with Crippen molar-refractivity contribution in [3.05, 3.63) is 65.7 Å². The number of hydrogen-bond donors (Lipinski definition) is 1. The Balaban J connectivity index is 1.97. The predicted molar refractivity (Wildman–Crippen MR) is 67.0 cm³/mol. The third kappa shape index (κ3) is 1.78. The van der Waals surface area contributed by atoms with Gasteiger partial charge in [0.2, 0.25) is 0 Å². The highest BCUT2D eigenvalue weighted by Crippen LogP contribution is 2.36. The van der Waals surface area contributed by atoms with E-state index in [4.69, 9.17) is 4.74 Å². The molecule has 0 aromatic heterocycles. The van der Waals surface area contributed by atoms with Crippen molar-refractivity contribution in [2.24, 2.45) is 0 Å². The standard InChI is InChI=1S/C15H12O2/c16-13-7-4-8-15-12(13)9-10-14(17-15)11-5-2-1-3-6-11/h1-10,14,16H. The lowest BCUT2D eigenvalue weighted by atomic mass is 10.0. The molecule has 0 fully saturated rings. The first-order chi connectivity index (χ1) is 8.34. The van der Waals surface area contributed by atoms with E-state index >= 15 is 0 Å². The Morgan fingerprint density at radius 3 is 2.59 bits per heavy atom. The van der Waals surface area contributed by atoms with Crippen LogP contribution < -0.4 is 4.74 Å². The number of rotatable bonds is 1. The fourth-order valence-electron chi connectivity index (χ4n) is 1.98. The summed E-state index contributed by atoms with van der Waals surface area (Å²) in [6, 6.07) is 15.3. The van der Waals surface area contributed by atoms with E-state index in [0.29, 0.717) is 0 Å². The van der Waals surface area contributed by atoms with E-state index in [1.807, 2.05) is 48.6 Å². The first-order valence-electron chi connectivity index (χ1n) is 5.56. The molecule has 2 aromatic rings. The van der Waals surface area contributed by atoms with Gasteiger partial charge >= 0.3 is 0 Å². The van der Waals surface area contributed by atoms with Crippen molar-refractivity contribution in [2.45, 2.75) is 6.10 Å². The number of aromatic hydroxyl groups is 1. The van der Waals surface area contributed by atoms with Crippen LogP contribution >= 0.6 is 0 Å². The summed E-state index contributed by atoms with van der Waals surface area (Å²) in [6.45, 7) is 0. The van der Waals surface area contributed by atoms with Crippen LogP contribution in [-0.2, 0) is 0 Å². The summed E-state index contributed by atoms with van der Waals surface area (Å²) in [5.41, 5.74) is 1.86. The summed E-state index contributed by atoms with van der Waals surface area (Å²) < 4.78 is 5.85. The highest BCUT2D eigenvalue weighted by Gasteiger charge is 2.17. The molecule has 0 saturated carbocycles. The van der Waals surface area contributed by atoms with E-state index in [-0.39, 0.29) is 11.9 Å². The molecule has 2 nitrogen and oxygen atoms in total. The maximum atomic E-state index is 9.68. The molecule has 1 heterocycles. The first kappa shape index (κ1) is 9.97. The Morgan fingerprint density at radius 1 is 0.941 bits per heavy atom. The number of phenols is 1. The molecule has 0 aliphatic carbocycles. The quantitative estimate of drug-likeness (QED) is 0.802. The average Bonchev–Trinajstić information content (AvgIpc) is 2.40. The molecule has 3 rings (SSSR count). The van der Waals surface area contributed by atoms with E-state index < -0.39 is 0 Å². The summed E-state index contributed by atoms with van der Waals surface area (Å²) >= 11 is 0. The maximum Gasteiger partial charge on any atom is 0.142 e. The van der Waals surface area contributed by atoms with Gasteiger partial charge in [0.15, 0.2) is 0 Å². The topological polar surface area (TPSA) is 29.5 Å². The molecule has 0 amide bonds. The van der Waals surface area contributed by atoms with Crippen LogP contribution in [-0.4, -0.2) is 5.11 Å². The van der Waals surface area contributed by atoms with Crippen molar-refractivity contribution in [2.75, 3.05) is 0 Å². The monoisotopic (exact) mass is 224 g/mol. The van der Waals surface area contributed by atoms with Crippen LogP contribution in [0.3, 0.4) is 0 Å². The number of fused-ring (bicyclic) bond motifs is 1. The summed E-state index contributed by atoms with van der Waals surface area (Å²) in [4.78, 5) is 0. The largest absolute Gasteiger partial charge is 0.507 e. The van der Waals surface area contributed by atoms with E-state index in [0.717, 1.165) is 16.9 Å². The second kappa shape index (κ2) is 3.98. The molecular formula is C15H12O2. The molecule has 0 radical (unpaired) electrons. The Bertz CT molecular complexity index is 558. The fourth-order valence-corrected chi connectivity index (χ4v) is 1.98. The molecule has 1 unspecified atom stereocenters. The number of phenolic OH excluding ortho intramolecular Hbond substituents is 1. The van der Waals surface area contributed by atoms with Crippen molar-refractivity contribution in [3.63, 3.8) is 0 Å². The number of ether oxygens (including phenoxy) is 1. The second-order valence-corrected chi connectivity index (χ2v) is 4.00. The van der Waals surface area contributed by atoms with E-state index in [1.165, 1.54) is 0 Å². The van der Waals surface area contributed by atoms with E-state index in [9.17, 15) is 5.11 Å². The van der Waals surface area contributed by atoms with E-state index in [2.05, 4.69) is 0 Å². The maximum absolute atomic E-state index is 9.68. The minimum atomic E-state index is -0.0782. The summed E-state index contributed by atoms with van der Waals surface area (Å²) in [5.74, 6) is 0.978. The summed E-state index contributed by atoms with van der Waals surface area (Å²) in [5, 5.41) is 9.68. The minimum Gasteiger partial charge on any atom is -0.507 e. The molecule has 1 aliphatic heterocycles. The van der Waals surface area contributed by atoms with Gasteiger partial charge in [0.1, 0.15) is 17.6 Å². The second-order valence-electron chi connectivity index (χ2n) is 4.00. The van der Waals surface area contributed by atoms with Gasteiger partial charge in [-0.25, -0.2) is 0 Å². The molecule has 1 aliphatic rings. The molecule has 17 heavy (non-hydrogen) atoms. The molecule has 2 heteroatoms. The van der Waals surface area contributed by atoms with Crippen molar-refractivity contribution in [3.8, 4) is 11.5 Å². The molecule has 0 bridgehead atoms. The van der Waals surface area contributed by atoms with Gasteiger partial charge in [-0.05, 0) is 29.8 Å². The Morgan fingerprint density at radius 2 is 1.76 bits per heavy atom.